The maximum atomic E-state index is 14.2. The second-order valence-electron chi connectivity index (χ2n) is 6.56. The van der Waals surface area contributed by atoms with E-state index in [-0.39, 0.29) is 18.2 Å². The number of amides is 2. The van der Waals surface area contributed by atoms with Crippen molar-refractivity contribution >= 4 is 22.6 Å². The zero-order valence-electron chi connectivity index (χ0n) is 15.4. The molecule has 7 nitrogen and oxygen atoms in total. The number of likely N-dealkylation sites (tertiary alicyclic amines) is 1. The van der Waals surface area contributed by atoms with Gasteiger partial charge < -0.3 is 20.1 Å². The molecule has 0 unspecified atom stereocenters. The molecular weight excluding hydrogens is 353 g/mol. The first-order chi connectivity index (χ1) is 12.9. The van der Waals surface area contributed by atoms with Gasteiger partial charge in [0.15, 0.2) is 6.17 Å². The average Bonchev–Trinajstić information content (AvgIpc) is 2.88. The van der Waals surface area contributed by atoms with Crippen molar-refractivity contribution in [1.82, 2.24) is 9.88 Å². The molecule has 2 N–H and O–H groups in total. The molecule has 1 fully saturated rings. The topological polar surface area (TPSA) is 94.8 Å². The summed E-state index contributed by atoms with van der Waals surface area (Å²) >= 11 is 0. The van der Waals surface area contributed by atoms with Crippen molar-refractivity contribution in [3.8, 4) is 11.6 Å². The number of hydrogen-bond acceptors (Lipinski definition) is 5. The van der Waals surface area contributed by atoms with Crippen LogP contribution >= 0.6 is 0 Å². The third kappa shape index (κ3) is 3.27. The van der Waals surface area contributed by atoms with Crippen LogP contribution < -0.4 is 15.2 Å². The van der Waals surface area contributed by atoms with Crippen LogP contribution in [0.3, 0.4) is 0 Å². The molecule has 2 heterocycles. The largest absolute Gasteiger partial charge is 0.496 e. The fourth-order valence-corrected chi connectivity index (χ4v) is 3.55. The lowest BCUT2D eigenvalue weighted by Crippen LogP contribution is -2.36. The van der Waals surface area contributed by atoms with Crippen molar-refractivity contribution in [3.05, 3.63) is 30.0 Å². The Morgan fingerprint density at radius 3 is 2.78 bits per heavy atom. The third-order valence-corrected chi connectivity index (χ3v) is 5.13. The zero-order chi connectivity index (χ0) is 19.7. The molecule has 2 aromatic rings. The van der Waals surface area contributed by atoms with Gasteiger partial charge in [0.2, 0.25) is 5.88 Å². The molecule has 2 amide bonds. The molecule has 1 saturated heterocycles. The van der Waals surface area contributed by atoms with Gasteiger partial charge in [-0.1, -0.05) is 6.92 Å². The molecule has 3 rings (SSSR count). The minimum Gasteiger partial charge on any atom is -0.496 e. The molecule has 1 aromatic heterocycles. The lowest BCUT2D eigenvalue weighted by molar-refractivity contribution is -0.131. The van der Waals surface area contributed by atoms with Crippen LogP contribution in [0.25, 0.3) is 10.8 Å². The van der Waals surface area contributed by atoms with Gasteiger partial charge in [-0.3, -0.25) is 9.59 Å². The molecule has 0 spiro atoms. The Morgan fingerprint density at radius 1 is 1.41 bits per heavy atom. The second kappa shape index (κ2) is 7.38. The van der Waals surface area contributed by atoms with Crippen LogP contribution in [0.4, 0.5) is 4.39 Å². The number of nitrogens with zero attached hydrogens (tertiary/aromatic N) is 2. The number of halogens is 1. The van der Waals surface area contributed by atoms with Gasteiger partial charge in [0.1, 0.15) is 12.4 Å². The number of ether oxygens (including phenoxy) is 2. The first-order valence-corrected chi connectivity index (χ1v) is 8.69. The zero-order valence-corrected chi connectivity index (χ0v) is 15.4. The molecule has 27 heavy (non-hydrogen) atoms. The molecule has 0 aliphatic carbocycles. The van der Waals surface area contributed by atoms with Gasteiger partial charge in [0.05, 0.1) is 18.7 Å². The maximum absolute atomic E-state index is 14.2. The van der Waals surface area contributed by atoms with E-state index >= 15 is 0 Å². The minimum atomic E-state index is -1.51. The van der Waals surface area contributed by atoms with Crippen molar-refractivity contribution < 1.29 is 23.5 Å². The number of pyridine rings is 1. The highest BCUT2D eigenvalue weighted by Gasteiger charge is 2.46. The number of nitrogens with two attached hydrogens (primary N) is 1. The average molecular weight is 375 g/mol. The Kier molecular flexibility index (Phi) is 5.16. The van der Waals surface area contributed by atoms with Crippen LogP contribution in [0.2, 0.25) is 0 Å². The van der Waals surface area contributed by atoms with Crippen molar-refractivity contribution in [1.29, 1.82) is 0 Å². The summed E-state index contributed by atoms with van der Waals surface area (Å²) in [5, 5.41) is 1.34. The van der Waals surface area contributed by atoms with Gasteiger partial charge in [0, 0.05) is 24.5 Å². The number of alkyl halides is 1. The van der Waals surface area contributed by atoms with Crippen LogP contribution in [0.15, 0.2) is 24.4 Å². The predicted octanol–water partition coefficient (Wildman–Crippen LogP) is 1.93. The van der Waals surface area contributed by atoms with E-state index < -0.39 is 23.9 Å². The van der Waals surface area contributed by atoms with Gasteiger partial charge in [-0.15, -0.1) is 0 Å². The second-order valence-corrected chi connectivity index (χ2v) is 6.56. The Labute approximate surface area is 156 Å². The molecule has 8 heteroatoms. The first-order valence-electron chi connectivity index (χ1n) is 8.69. The number of aromatic nitrogens is 1. The number of likely N-dealkylation sites (N-methyl/N-ethyl adjacent to an activating group) is 1. The van der Waals surface area contributed by atoms with Crippen LogP contribution in [0.5, 0.6) is 11.6 Å². The summed E-state index contributed by atoms with van der Waals surface area (Å²) in [6.07, 6.45) is 0.574. The molecule has 1 aliphatic rings. The van der Waals surface area contributed by atoms with Crippen LogP contribution in [-0.2, 0) is 4.79 Å². The number of methoxy groups -OCH3 is 1. The highest BCUT2D eigenvalue weighted by Crippen LogP contribution is 2.33. The fourth-order valence-electron chi connectivity index (χ4n) is 3.55. The van der Waals surface area contributed by atoms with E-state index in [2.05, 4.69) is 4.98 Å². The van der Waals surface area contributed by atoms with Gasteiger partial charge in [0.25, 0.3) is 11.8 Å². The van der Waals surface area contributed by atoms with E-state index in [0.717, 1.165) is 0 Å². The number of hydrogen-bond donors (Lipinski definition) is 1. The molecule has 144 valence electrons. The predicted molar refractivity (Wildman–Crippen MR) is 97.5 cm³/mol. The van der Waals surface area contributed by atoms with Gasteiger partial charge in [-0.2, -0.15) is 0 Å². The lowest BCUT2D eigenvalue weighted by atomic mass is 9.96. The van der Waals surface area contributed by atoms with Crippen LogP contribution in [-0.4, -0.2) is 54.7 Å². The molecule has 3 atom stereocenters. The van der Waals surface area contributed by atoms with Crippen LogP contribution in [0.1, 0.15) is 23.7 Å². The van der Waals surface area contributed by atoms with E-state index in [1.807, 2.05) is 6.92 Å². The fraction of sp³-hybridized carbons (Fsp3) is 0.421. The summed E-state index contributed by atoms with van der Waals surface area (Å²) in [6, 6.07) is 4.60. The Morgan fingerprint density at radius 2 is 2.15 bits per heavy atom. The number of carbonyl (C=O) groups is 2. The van der Waals surface area contributed by atoms with Gasteiger partial charge >= 0.3 is 0 Å². The summed E-state index contributed by atoms with van der Waals surface area (Å²) < 4.78 is 25.3. The van der Waals surface area contributed by atoms with Gasteiger partial charge in [-0.05, 0) is 30.0 Å². The van der Waals surface area contributed by atoms with Gasteiger partial charge in [-0.25, -0.2) is 9.37 Å². The standard InChI is InChI=1S/C19H22FN3O4/c1-4-11-14(23(2)19(25)16(11)20)9-27-18-12-8-15(26-3)13(17(21)24)7-10(12)5-6-22-18/h5-8,11,14,16H,4,9H2,1-3H3,(H2,21,24)/t11-,14+,16-/m0/s1. The Hall–Kier alpha value is -2.90. The van der Waals surface area contributed by atoms with E-state index in [1.54, 1.807) is 31.4 Å². The van der Waals surface area contributed by atoms with E-state index in [4.69, 9.17) is 15.2 Å². The first kappa shape index (κ1) is 18.9. The van der Waals surface area contributed by atoms with E-state index in [9.17, 15) is 14.0 Å². The third-order valence-electron chi connectivity index (χ3n) is 5.13. The number of primary amides is 1. The normalized spacial score (nSPS) is 22.3. The molecular formula is C19H22FN3O4. The maximum Gasteiger partial charge on any atom is 0.257 e. The van der Waals surface area contributed by atoms with Crippen molar-refractivity contribution in [2.24, 2.45) is 11.7 Å². The summed E-state index contributed by atoms with van der Waals surface area (Å²) in [7, 11) is 3.02. The molecule has 0 saturated carbocycles. The highest BCUT2D eigenvalue weighted by molar-refractivity contribution is 6.01. The number of fused-ring (bicyclic) bond motifs is 1. The monoisotopic (exact) mass is 375 g/mol. The molecule has 1 aromatic carbocycles. The molecule has 1 aliphatic heterocycles. The lowest BCUT2D eigenvalue weighted by Gasteiger charge is -2.24. The Balaban J connectivity index is 1.91. The highest BCUT2D eigenvalue weighted by atomic mass is 19.1. The van der Waals surface area contributed by atoms with E-state index in [0.29, 0.717) is 28.8 Å². The smallest absolute Gasteiger partial charge is 0.257 e. The van der Waals surface area contributed by atoms with Crippen molar-refractivity contribution in [2.75, 3.05) is 20.8 Å². The number of rotatable bonds is 6. The Bertz CT molecular complexity index is 889. The quantitative estimate of drug-likeness (QED) is 0.832. The summed E-state index contributed by atoms with van der Waals surface area (Å²) in [4.78, 5) is 29.2. The SMILES string of the molecule is CC[C@@H]1[C@H](F)C(=O)N(C)[C@@H]1COc1nccc2cc(C(N)=O)c(OC)cc12. The van der Waals surface area contributed by atoms with Crippen molar-refractivity contribution in [3.63, 3.8) is 0 Å². The molecule has 0 radical (unpaired) electrons. The summed E-state index contributed by atoms with van der Waals surface area (Å²) in [6.45, 7) is 1.97. The van der Waals surface area contributed by atoms with Crippen LogP contribution in [0, 0.1) is 5.92 Å². The minimum absolute atomic E-state index is 0.118. The number of benzene rings is 1. The molecule has 0 bridgehead atoms. The van der Waals surface area contributed by atoms with Crippen molar-refractivity contribution in [2.45, 2.75) is 25.6 Å². The summed E-state index contributed by atoms with van der Waals surface area (Å²) in [5.41, 5.74) is 5.65. The number of carbonyl (C=O) groups excluding carboxylic acids is 2. The summed E-state index contributed by atoms with van der Waals surface area (Å²) in [5.74, 6) is -0.905. The van der Waals surface area contributed by atoms with E-state index in [1.165, 1.54) is 12.0 Å².